The smallest absolute Gasteiger partial charge is 0.308 e. The Bertz CT molecular complexity index is 353. The van der Waals surface area contributed by atoms with Crippen LogP contribution in [0.2, 0.25) is 65.0 Å². The molecule has 0 amide bonds. The van der Waals surface area contributed by atoms with E-state index in [0.717, 1.165) is 12.8 Å². The maximum atomic E-state index is 11.9. The lowest BCUT2D eigenvalue weighted by molar-refractivity contribution is -0.148. The molecule has 1 unspecified atom stereocenters. The summed E-state index contributed by atoms with van der Waals surface area (Å²) in [7, 11) is -3.58. The largest absolute Gasteiger partial charge is 0.465 e. The lowest BCUT2D eigenvalue weighted by Crippen LogP contribution is -2.82. The number of carbonyl (C=O) groups is 1. The first-order valence-electron chi connectivity index (χ1n) is 9.28. The Morgan fingerprint density at radius 1 is 0.870 bits per heavy atom. The van der Waals surface area contributed by atoms with E-state index in [-0.39, 0.29) is 11.9 Å². The van der Waals surface area contributed by atoms with Gasteiger partial charge in [0, 0.05) is 29.4 Å². The predicted octanol–water partition coefficient (Wildman–Crippen LogP) is 5.66. The van der Waals surface area contributed by atoms with E-state index in [2.05, 4.69) is 58.9 Å². The molecule has 0 spiro atoms. The van der Waals surface area contributed by atoms with Crippen molar-refractivity contribution in [3.63, 3.8) is 0 Å². The van der Waals surface area contributed by atoms with Gasteiger partial charge in [0.25, 0.3) is 0 Å². The summed E-state index contributed by atoms with van der Waals surface area (Å²) in [5, 5.41) is 0. The Hall–Kier alpha value is 0.338. The molecule has 0 aromatic carbocycles. The summed E-state index contributed by atoms with van der Waals surface area (Å²) in [4.78, 5) is 11.9. The molecule has 0 rings (SSSR count). The van der Waals surface area contributed by atoms with Crippen molar-refractivity contribution in [2.45, 2.75) is 91.7 Å². The van der Waals surface area contributed by atoms with Crippen molar-refractivity contribution < 1.29 is 9.53 Å². The maximum absolute atomic E-state index is 11.9. The second-order valence-electron chi connectivity index (χ2n) is 10.2. The molecule has 0 N–H and O–H groups in total. The van der Waals surface area contributed by atoms with E-state index in [1.54, 1.807) is 0 Å². The van der Waals surface area contributed by atoms with Crippen LogP contribution in [0.1, 0.15) is 26.7 Å². The molecule has 0 bridgehead atoms. The predicted molar refractivity (Wildman–Crippen MR) is 116 cm³/mol. The SMILES string of the molecule is CCC(C)C(=O)OCCC[Si]([Si](C)(C)C)([Si](C)(C)C)[Si](C)(C)C. The topological polar surface area (TPSA) is 26.3 Å². The van der Waals surface area contributed by atoms with Gasteiger partial charge in [0.05, 0.1) is 12.5 Å². The first kappa shape index (κ1) is 23.3. The third-order valence-electron chi connectivity index (χ3n) is 5.80. The molecule has 0 aliphatic carbocycles. The van der Waals surface area contributed by atoms with Gasteiger partial charge in [-0.2, -0.15) is 0 Å². The summed E-state index contributed by atoms with van der Waals surface area (Å²) in [6.45, 7) is 27.0. The van der Waals surface area contributed by atoms with Gasteiger partial charge in [-0.1, -0.05) is 78.8 Å². The van der Waals surface area contributed by atoms with Crippen LogP contribution < -0.4 is 0 Å². The van der Waals surface area contributed by atoms with Crippen LogP contribution in [-0.4, -0.2) is 42.0 Å². The Balaban J connectivity index is 5.19. The summed E-state index contributed by atoms with van der Waals surface area (Å²) >= 11 is 0. The number of esters is 1. The van der Waals surface area contributed by atoms with Crippen molar-refractivity contribution in [2.24, 2.45) is 5.92 Å². The number of hydrogen-bond donors (Lipinski definition) is 0. The van der Waals surface area contributed by atoms with Crippen molar-refractivity contribution in [3.05, 3.63) is 0 Å². The zero-order valence-electron chi connectivity index (χ0n) is 17.7. The lowest BCUT2D eigenvalue weighted by Gasteiger charge is -2.58. The average molecular weight is 391 g/mol. The summed E-state index contributed by atoms with van der Waals surface area (Å²) in [5.41, 5.74) is 0. The standard InChI is InChI=1S/C17H42O2Si4/c1-12-16(2)17(18)19-14-13-15-23(20(3,4)5,21(6,7)8)22(9,10)11/h16H,12-15H2,1-11H3. The highest BCUT2D eigenvalue weighted by molar-refractivity contribution is 7.89. The number of hydrogen-bond acceptors (Lipinski definition) is 2. The molecule has 1 atom stereocenters. The van der Waals surface area contributed by atoms with Gasteiger partial charge in [-0.3, -0.25) is 4.79 Å². The van der Waals surface area contributed by atoms with Gasteiger partial charge in [0.2, 0.25) is 0 Å². The Morgan fingerprint density at radius 3 is 1.57 bits per heavy atom. The van der Waals surface area contributed by atoms with E-state index in [1.165, 1.54) is 6.04 Å². The highest BCUT2D eigenvalue weighted by Crippen LogP contribution is 2.40. The number of carbonyl (C=O) groups excluding carboxylic acids is 1. The quantitative estimate of drug-likeness (QED) is 0.288. The van der Waals surface area contributed by atoms with E-state index < -0.39 is 29.4 Å². The summed E-state index contributed by atoms with van der Waals surface area (Å²) < 4.78 is 5.56. The minimum Gasteiger partial charge on any atom is -0.465 e. The van der Waals surface area contributed by atoms with E-state index in [1.807, 2.05) is 13.8 Å². The van der Waals surface area contributed by atoms with Crippen molar-refractivity contribution in [2.75, 3.05) is 6.61 Å². The molecule has 0 aromatic rings. The van der Waals surface area contributed by atoms with Gasteiger partial charge in [-0.25, -0.2) is 0 Å². The Labute approximate surface area is 149 Å². The van der Waals surface area contributed by atoms with Crippen molar-refractivity contribution >= 4 is 35.4 Å². The van der Waals surface area contributed by atoms with Crippen LogP contribution in [0.25, 0.3) is 0 Å². The zero-order valence-corrected chi connectivity index (χ0v) is 21.7. The second kappa shape index (κ2) is 8.14. The fourth-order valence-electron chi connectivity index (χ4n) is 5.32. The highest BCUT2D eigenvalue weighted by atomic mass is 29.9. The molecule has 23 heavy (non-hydrogen) atoms. The molecule has 0 aliphatic rings. The van der Waals surface area contributed by atoms with Crippen LogP contribution in [0.3, 0.4) is 0 Å². The van der Waals surface area contributed by atoms with Gasteiger partial charge in [0.1, 0.15) is 0 Å². The molecular formula is C17H42O2Si4. The molecule has 2 nitrogen and oxygen atoms in total. The molecule has 0 aromatic heterocycles. The summed E-state index contributed by atoms with van der Waals surface area (Å²) in [5.74, 6) is 0.0387. The van der Waals surface area contributed by atoms with Crippen LogP contribution in [0.5, 0.6) is 0 Å². The first-order valence-corrected chi connectivity index (χ1v) is 25.0. The monoisotopic (exact) mass is 390 g/mol. The molecule has 0 aliphatic heterocycles. The first-order chi connectivity index (χ1) is 10.1. The molecular weight excluding hydrogens is 349 g/mol. The van der Waals surface area contributed by atoms with Crippen molar-refractivity contribution in [1.29, 1.82) is 0 Å². The fourth-order valence-corrected chi connectivity index (χ4v) is 104. The van der Waals surface area contributed by atoms with Gasteiger partial charge < -0.3 is 4.74 Å². The van der Waals surface area contributed by atoms with E-state index in [0.29, 0.717) is 6.61 Å². The second-order valence-corrected chi connectivity index (χ2v) is 51.7. The number of rotatable bonds is 9. The van der Waals surface area contributed by atoms with Crippen LogP contribution in [0, 0.1) is 5.92 Å². The van der Waals surface area contributed by atoms with Crippen molar-refractivity contribution in [3.8, 4) is 0 Å². The Kier molecular flexibility index (Phi) is 8.26. The molecule has 0 fully saturated rings. The summed E-state index contributed by atoms with van der Waals surface area (Å²) in [6, 6.07) is 1.39. The molecule has 0 saturated carbocycles. The minimum atomic E-state index is -1.28. The third kappa shape index (κ3) is 5.41. The molecule has 6 heteroatoms. The molecule has 0 radical (unpaired) electrons. The molecule has 0 heterocycles. The van der Waals surface area contributed by atoms with Crippen LogP contribution in [-0.2, 0) is 9.53 Å². The van der Waals surface area contributed by atoms with Crippen LogP contribution in [0.15, 0.2) is 0 Å². The highest BCUT2D eigenvalue weighted by Gasteiger charge is 2.60. The van der Waals surface area contributed by atoms with Gasteiger partial charge in [-0.15, -0.1) is 0 Å². The third-order valence-corrected chi connectivity index (χ3v) is 80.4. The lowest BCUT2D eigenvalue weighted by atomic mass is 10.1. The van der Waals surface area contributed by atoms with E-state index in [4.69, 9.17) is 4.74 Å². The van der Waals surface area contributed by atoms with Gasteiger partial charge in [-0.05, 0) is 12.8 Å². The Morgan fingerprint density at radius 2 is 1.26 bits per heavy atom. The maximum Gasteiger partial charge on any atom is 0.308 e. The van der Waals surface area contributed by atoms with E-state index in [9.17, 15) is 4.79 Å². The van der Waals surface area contributed by atoms with Crippen LogP contribution in [0.4, 0.5) is 0 Å². The van der Waals surface area contributed by atoms with Crippen molar-refractivity contribution in [1.82, 2.24) is 0 Å². The molecule has 138 valence electrons. The van der Waals surface area contributed by atoms with Gasteiger partial charge in [0.15, 0.2) is 0 Å². The van der Waals surface area contributed by atoms with Gasteiger partial charge >= 0.3 is 5.97 Å². The minimum absolute atomic E-state index is 0.00576. The molecule has 0 saturated heterocycles. The number of ether oxygens (including phenoxy) is 1. The fraction of sp³-hybridized carbons (Fsp3) is 0.941. The normalized spacial score (nSPS) is 15.4. The zero-order chi connectivity index (χ0) is 18.7. The van der Waals surface area contributed by atoms with E-state index >= 15 is 0 Å². The summed E-state index contributed by atoms with van der Waals surface area (Å²) in [6.07, 6.45) is 1.96. The average Bonchev–Trinajstić information content (AvgIpc) is 2.32. The van der Waals surface area contributed by atoms with Crippen LogP contribution >= 0.6 is 0 Å².